The topological polar surface area (TPSA) is 68.0 Å². The average Bonchev–Trinajstić information content (AvgIpc) is 2.39. The average molecular weight is 254 g/mol. The summed E-state index contributed by atoms with van der Waals surface area (Å²) in [5, 5.41) is 9.02. The van der Waals surface area contributed by atoms with E-state index in [0.717, 1.165) is 23.6 Å². The van der Waals surface area contributed by atoms with Crippen LogP contribution in [-0.4, -0.2) is 50.5 Å². The van der Waals surface area contributed by atoms with Gasteiger partial charge in [0, 0.05) is 37.8 Å². The Labute approximate surface area is 108 Å². The molecule has 0 aliphatic carbocycles. The molecule has 3 N–H and O–H groups in total. The molecule has 102 valence electrons. The number of nitrogens with two attached hydrogens (primary N) is 1. The van der Waals surface area contributed by atoms with Gasteiger partial charge in [0.25, 0.3) is 0 Å². The maximum absolute atomic E-state index is 9.02. The first-order chi connectivity index (χ1) is 8.74. The van der Waals surface area contributed by atoms with Gasteiger partial charge in [0.05, 0.1) is 20.8 Å². The van der Waals surface area contributed by atoms with Crippen LogP contribution in [-0.2, 0) is 6.54 Å². The van der Waals surface area contributed by atoms with Crippen molar-refractivity contribution in [3.63, 3.8) is 0 Å². The molecule has 0 atom stereocenters. The molecule has 1 aromatic carbocycles. The second-order valence-electron chi connectivity index (χ2n) is 3.97. The van der Waals surface area contributed by atoms with E-state index in [0.29, 0.717) is 19.6 Å². The van der Waals surface area contributed by atoms with Crippen molar-refractivity contribution in [3.05, 3.63) is 23.8 Å². The molecule has 0 spiro atoms. The van der Waals surface area contributed by atoms with Crippen molar-refractivity contribution in [2.24, 2.45) is 5.73 Å². The number of ether oxygens (including phenoxy) is 2. The van der Waals surface area contributed by atoms with Crippen LogP contribution in [0.3, 0.4) is 0 Å². The van der Waals surface area contributed by atoms with Crippen LogP contribution in [0.1, 0.15) is 5.56 Å². The molecule has 5 nitrogen and oxygen atoms in total. The monoisotopic (exact) mass is 254 g/mol. The molecule has 1 aromatic rings. The van der Waals surface area contributed by atoms with Crippen LogP contribution in [0, 0.1) is 0 Å². The lowest BCUT2D eigenvalue weighted by atomic mass is 10.1. The van der Waals surface area contributed by atoms with Crippen LogP contribution in [0.2, 0.25) is 0 Å². The number of methoxy groups -OCH3 is 2. The molecule has 0 saturated carbocycles. The summed E-state index contributed by atoms with van der Waals surface area (Å²) in [4.78, 5) is 2.09. The Bertz CT molecular complexity index is 352. The van der Waals surface area contributed by atoms with E-state index in [2.05, 4.69) is 4.90 Å². The van der Waals surface area contributed by atoms with Gasteiger partial charge in [0.2, 0.25) is 0 Å². The first-order valence-electron chi connectivity index (χ1n) is 5.99. The highest BCUT2D eigenvalue weighted by molar-refractivity contribution is 5.40. The normalized spacial score (nSPS) is 10.7. The molecule has 0 aliphatic heterocycles. The first-order valence-corrected chi connectivity index (χ1v) is 5.99. The van der Waals surface area contributed by atoms with Crippen molar-refractivity contribution < 1.29 is 14.6 Å². The van der Waals surface area contributed by atoms with Crippen molar-refractivity contribution in [2.75, 3.05) is 40.5 Å². The number of rotatable bonds is 8. The third kappa shape index (κ3) is 4.18. The zero-order valence-electron chi connectivity index (χ0n) is 11.1. The third-order valence-electron chi connectivity index (χ3n) is 2.75. The minimum absolute atomic E-state index is 0.123. The van der Waals surface area contributed by atoms with Crippen LogP contribution in [0.5, 0.6) is 11.5 Å². The predicted molar refractivity (Wildman–Crippen MR) is 71.0 cm³/mol. The van der Waals surface area contributed by atoms with Crippen molar-refractivity contribution in [2.45, 2.75) is 6.54 Å². The third-order valence-corrected chi connectivity index (χ3v) is 2.75. The van der Waals surface area contributed by atoms with E-state index in [1.54, 1.807) is 14.2 Å². The Hall–Kier alpha value is -1.30. The largest absolute Gasteiger partial charge is 0.497 e. The van der Waals surface area contributed by atoms with E-state index < -0.39 is 0 Å². The Morgan fingerprint density at radius 1 is 1.22 bits per heavy atom. The Morgan fingerprint density at radius 3 is 2.56 bits per heavy atom. The van der Waals surface area contributed by atoms with Gasteiger partial charge in [0.15, 0.2) is 0 Å². The molecule has 0 saturated heterocycles. The van der Waals surface area contributed by atoms with Crippen LogP contribution in [0.15, 0.2) is 18.2 Å². The number of hydrogen-bond donors (Lipinski definition) is 2. The predicted octanol–water partition coefficient (Wildman–Crippen LogP) is 0.457. The quantitative estimate of drug-likeness (QED) is 0.705. The summed E-state index contributed by atoms with van der Waals surface area (Å²) in [5.74, 6) is 1.55. The second-order valence-corrected chi connectivity index (χ2v) is 3.97. The van der Waals surface area contributed by atoms with Crippen LogP contribution < -0.4 is 15.2 Å². The summed E-state index contributed by atoms with van der Waals surface area (Å²) < 4.78 is 10.5. The van der Waals surface area contributed by atoms with Gasteiger partial charge in [-0.2, -0.15) is 0 Å². The Morgan fingerprint density at radius 2 is 2.00 bits per heavy atom. The summed E-state index contributed by atoms with van der Waals surface area (Å²) in [6.07, 6.45) is 0. The maximum Gasteiger partial charge on any atom is 0.127 e. The molecular formula is C13H22N2O3. The summed E-state index contributed by atoms with van der Waals surface area (Å²) in [6.45, 7) is 2.74. The summed E-state index contributed by atoms with van der Waals surface area (Å²) >= 11 is 0. The number of hydrogen-bond acceptors (Lipinski definition) is 5. The SMILES string of the molecule is COc1ccc(CN(CCN)CCO)c(OC)c1. The first kappa shape index (κ1) is 14.8. The molecule has 0 bridgehead atoms. The fourth-order valence-electron chi connectivity index (χ4n) is 1.82. The molecular weight excluding hydrogens is 232 g/mol. The zero-order valence-corrected chi connectivity index (χ0v) is 11.1. The van der Waals surface area contributed by atoms with Gasteiger partial charge >= 0.3 is 0 Å². The number of aliphatic hydroxyl groups is 1. The van der Waals surface area contributed by atoms with Crippen LogP contribution in [0.25, 0.3) is 0 Å². The van der Waals surface area contributed by atoms with Gasteiger partial charge < -0.3 is 20.3 Å². The second kappa shape index (κ2) is 7.92. The van der Waals surface area contributed by atoms with Gasteiger partial charge in [-0.3, -0.25) is 4.90 Å². The molecule has 18 heavy (non-hydrogen) atoms. The van der Waals surface area contributed by atoms with E-state index in [1.165, 1.54) is 0 Å². The molecule has 0 unspecified atom stereocenters. The van der Waals surface area contributed by atoms with Crippen LogP contribution in [0.4, 0.5) is 0 Å². The lowest BCUT2D eigenvalue weighted by Gasteiger charge is -2.21. The molecule has 0 fully saturated rings. The highest BCUT2D eigenvalue weighted by Crippen LogP contribution is 2.25. The van der Waals surface area contributed by atoms with E-state index in [1.807, 2.05) is 18.2 Å². The van der Waals surface area contributed by atoms with Crippen LogP contribution >= 0.6 is 0 Å². The molecule has 0 aliphatic rings. The maximum atomic E-state index is 9.02. The lowest BCUT2D eigenvalue weighted by Crippen LogP contribution is -2.31. The summed E-state index contributed by atoms with van der Waals surface area (Å²) in [7, 11) is 3.26. The lowest BCUT2D eigenvalue weighted by molar-refractivity contribution is 0.192. The zero-order chi connectivity index (χ0) is 13.4. The highest BCUT2D eigenvalue weighted by atomic mass is 16.5. The van der Waals surface area contributed by atoms with Gasteiger partial charge in [-0.25, -0.2) is 0 Å². The summed E-state index contributed by atoms with van der Waals surface area (Å²) in [5.41, 5.74) is 6.61. The van der Waals surface area contributed by atoms with E-state index >= 15 is 0 Å². The van der Waals surface area contributed by atoms with Crippen molar-refractivity contribution in [1.29, 1.82) is 0 Å². The van der Waals surface area contributed by atoms with E-state index in [4.69, 9.17) is 20.3 Å². The highest BCUT2D eigenvalue weighted by Gasteiger charge is 2.10. The Kier molecular flexibility index (Phi) is 6.49. The minimum atomic E-state index is 0.123. The van der Waals surface area contributed by atoms with E-state index in [-0.39, 0.29) is 6.61 Å². The molecule has 0 radical (unpaired) electrons. The van der Waals surface area contributed by atoms with Gasteiger partial charge in [-0.1, -0.05) is 6.07 Å². The molecule has 0 aromatic heterocycles. The number of benzene rings is 1. The molecule has 0 heterocycles. The molecule has 0 amide bonds. The fourth-order valence-corrected chi connectivity index (χ4v) is 1.82. The van der Waals surface area contributed by atoms with Crippen molar-refractivity contribution >= 4 is 0 Å². The van der Waals surface area contributed by atoms with Crippen molar-refractivity contribution in [3.8, 4) is 11.5 Å². The van der Waals surface area contributed by atoms with Gasteiger partial charge in [0.1, 0.15) is 11.5 Å². The van der Waals surface area contributed by atoms with Gasteiger partial charge in [-0.05, 0) is 6.07 Å². The standard InChI is InChI=1S/C13H22N2O3/c1-17-12-4-3-11(13(9-12)18-2)10-15(6-5-14)7-8-16/h3-4,9,16H,5-8,10,14H2,1-2H3. The molecule has 1 rings (SSSR count). The van der Waals surface area contributed by atoms with Gasteiger partial charge in [-0.15, -0.1) is 0 Å². The Balaban J connectivity index is 2.80. The van der Waals surface area contributed by atoms with Crippen molar-refractivity contribution in [1.82, 2.24) is 4.90 Å². The fraction of sp³-hybridized carbons (Fsp3) is 0.538. The number of aliphatic hydroxyl groups excluding tert-OH is 1. The molecule has 5 heteroatoms. The number of nitrogens with zero attached hydrogens (tertiary/aromatic N) is 1. The smallest absolute Gasteiger partial charge is 0.127 e. The summed E-state index contributed by atoms with van der Waals surface area (Å²) in [6, 6.07) is 5.73. The van der Waals surface area contributed by atoms with E-state index in [9.17, 15) is 0 Å². The minimum Gasteiger partial charge on any atom is -0.497 e.